The maximum atomic E-state index is 11.9. The quantitative estimate of drug-likeness (QED) is 0.727. The molecule has 0 aliphatic carbocycles. The molecule has 0 radical (unpaired) electrons. The Morgan fingerprint density at radius 2 is 2.12 bits per heavy atom. The Morgan fingerprint density at radius 1 is 1.38 bits per heavy atom. The lowest BCUT2D eigenvalue weighted by atomic mass is 10.1. The average Bonchev–Trinajstić information content (AvgIpc) is 3.13. The van der Waals surface area contributed by atoms with Crippen molar-refractivity contribution in [1.29, 1.82) is 0 Å². The van der Waals surface area contributed by atoms with Crippen LogP contribution in [0.3, 0.4) is 0 Å². The van der Waals surface area contributed by atoms with E-state index in [2.05, 4.69) is 39.6 Å². The number of likely N-dealkylation sites (N-methyl/N-ethyl adjacent to an activating group) is 1. The van der Waals surface area contributed by atoms with Crippen LogP contribution < -0.4 is 10.6 Å². The Balaban J connectivity index is 1.71. The number of nitrogens with zero attached hydrogens (tertiary/aromatic N) is 4. The van der Waals surface area contributed by atoms with Gasteiger partial charge < -0.3 is 15.1 Å². The maximum Gasteiger partial charge on any atom is 0.321 e. The highest BCUT2D eigenvalue weighted by atomic mass is 32.1. The number of nitrogens with one attached hydrogen (secondary N) is 2. The van der Waals surface area contributed by atoms with E-state index >= 15 is 0 Å². The fraction of sp³-hybridized carbons (Fsp3) is 0.733. The van der Waals surface area contributed by atoms with Crippen molar-refractivity contribution in [2.45, 2.75) is 26.7 Å². The number of hydrogen-bond acceptors (Lipinski definition) is 6. The van der Waals surface area contributed by atoms with Gasteiger partial charge in [-0.1, -0.05) is 25.2 Å². The molecular weight excluding hydrogens is 328 g/mol. The van der Waals surface area contributed by atoms with Gasteiger partial charge in [0.15, 0.2) is 0 Å². The summed E-state index contributed by atoms with van der Waals surface area (Å²) in [6.45, 7) is 8.41. The summed E-state index contributed by atoms with van der Waals surface area (Å²) in [6, 6.07) is -0.302. The first kappa shape index (κ1) is 18.6. The van der Waals surface area contributed by atoms with Crippen LogP contribution in [0.4, 0.5) is 9.93 Å². The molecule has 2 rings (SSSR count). The number of amides is 3. The molecule has 0 spiro atoms. The second-order valence-corrected chi connectivity index (χ2v) is 7.02. The van der Waals surface area contributed by atoms with Crippen LogP contribution in [0.1, 0.15) is 25.3 Å². The molecule has 0 unspecified atom stereocenters. The van der Waals surface area contributed by atoms with Crippen LogP contribution >= 0.6 is 11.3 Å². The van der Waals surface area contributed by atoms with E-state index in [1.165, 1.54) is 11.3 Å². The van der Waals surface area contributed by atoms with Crippen LogP contribution in [0.2, 0.25) is 0 Å². The molecule has 2 heterocycles. The van der Waals surface area contributed by atoms with E-state index in [-0.39, 0.29) is 17.9 Å². The van der Waals surface area contributed by atoms with Gasteiger partial charge in [0.2, 0.25) is 11.0 Å². The van der Waals surface area contributed by atoms with Gasteiger partial charge in [-0.2, -0.15) is 0 Å². The van der Waals surface area contributed by atoms with E-state index < -0.39 is 0 Å². The van der Waals surface area contributed by atoms with Crippen LogP contribution in [0, 0.1) is 5.92 Å². The lowest BCUT2D eigenvalue weighted by Gasteiger charge is -2.16. The Kier molecular flexibility index (Phi) is 6.92. The van der Waals surface area contributed by atoms with Crippen LogP contribution in [0.25, 0.3) is 0 Å². The standard InChI is InChI=1S/C15H26N6O2S/c1-4-21(5-2)7-6-12-18-19-15(24-12)17-14(23)16-9-11-8-13(22)20(3)10-11/h11H,4-10H2,1-3H3,(H2,16,17,19,23)/t11-/m0/s1. The molecule has 1 saturated heterocycles. The van der Waals surface area contributed by atoms with Crippen molar-refractivity contribution in [2.24, 2.45) is 5.92 Å². The summed E-state index contributed by atoms with van der Waals surface area (Å²) in [5.74, 6) is 0.302. The Bertz CT molecular complexity index is 560. The summed E-state index contributed by atoms with van der Waals surface area (Å²) in [5.41, 5.74) is 0. The fourth-order valence-electron chi connectivity index (χ4n) is 2.67. The van der Waals surface area contributed by atoms with Crippen LogP contribution in [0.5, 0.6) is 0 Å². The number of urea groups is 1. The van der Waals surface area contributed by atoms with Crippen LogP contribution in [0.15, 0.2) is 0 Å². The van der Waals surface area contributed by atoms with Gasteiger partial charge in [-0.25, -0.2) is 4.79 Å². The lowest BCUT2D eigenvalue weighted by Crippen LogP contribution is -2.33. The molecule has 134 valence electrons. The largest absolute Gasteiger partial charge is 0.345 e. The second kappa shape index (κ2) is 8.93. The van der Waals surface area contributed by atoms with Crippen LogP contribution in [-0.2, 0) is 11.2 Å². The zero-order valence-electron chi connectivity index (χ0n) is 14.5. The molecule has 1 aromatic heterocycles. The first-order chi connectivity index (χ1) is 11.5. The summed E-state index contributed by atoms with van der Waals surface area (Å²) in [4.78, 5) is 27.4. The first-order valence-corrected chi connectivity index (χ1v) is 9.17. The Hall–Kier alpha value is -1.74. The third kappa shape index (κ3) is 5.41. The second-order valence-electron chi connectivity index (χ2n) is 5.96. The zero-order valence-corrected chi connectivity index (χ0v) is 15.4. The molecule has 0 bridgehead atoms. The number of rotatable bonds is 8. The van der Waals surface area contributed by atoms with Gasteiger partial charge in [-0.05, 0) is 13.1 Å². The number of hydrogen-bond donors (Lipinski definition) is 2. The molecule has 0 saturated carbocycles. The van der Waals surface area contributed by atoms with Crippen molar-refractivity contribution in [3.05, 3.63) is 5.01 Å². The summed E-state index contributed by atoms with van der Waals surface area (Å²) < 4.78 is 0. The molecular formula is C15H26N6O2S. The first-order valence-electron chi connectivity index (χ1n) is 8.35. The van der Waals surface area contributed by atoms with E-state index in [4.69, 9.17) is 0 Å². The fourth-order valence-corrected chi connectivity index (χ4v) is 3.39. The summed E-state index contributed by atoms with van der Waals surface area (Å²) in [5, 5.41) is 15.0. The van der Waals surface area contributed by atoms with Gasteiger partial charge in [0, 0.05) is 45.4 Å². The van der Waals surface area contributed by atoms with Gasteiger partial charge >= 0.3 is 6.03 Å². The molecule has 2 N–H and O–H groups in total. The molecule has 8 nitrogen and oxygen atoms in total. The summed E-state index contributed by atoms with van der Waals surface area (Å²) in [6.07, 6.45) is 1.32. The van der Waals surface area contributed by atoms with Crippen molar-refractivity contribution in [3.8, 4) is 0 Å². The molecule has 1 aliphatic heterocycles. The minimum atomic E-state index is -0.302. The van der Waals surface area contributed by atoms with E-state index in [0.717, 1.165) is 31.1 Å². The highest BCUT2D eigenvalue weighted by Crippen LogP contribution is 2.17. The molecule has 3 amide bonds. The molecule has 1 fully saturated rings. The maximum absolute atomic E-state index is 11.9. The van der Waals surface area contributed by atoms with Crippen molar-refractivity contribution in [2.75, 3.05) is 45.1 Å². The predicted octanol–water partition coefficient (Wildman–Crippen LogP) is 1.02. The SMILES string of the molecule is CCN(CC)CCc1nnc(NC(=O)NC[C@@H]2CC(=O)N(C)C2)s1. The average molecular weight is 354 g/mol. The molecule has 24 heavy (non-hydrogen) atoms. The number of carbonyl (C=O) groups excluding carboxylic acids is 2. The normalized spacial score (nSPS) is 17.6. The highest BCUT2D eigenvalue weighted by molar-refractivity contribution is 7.15. The van der Waals surface area contributed by atoms with Gasteiger partial charge in [-0.15, -0.1) is 10.2 Å². The van der Waals surface area contributed by atoms with Gasteiger partial charge in [0.25, 0.3) is 0 Å². The molecule has 1 aliphatic rings. The third-order valence-corrected chi connectivity index (χ3v) is 5.09. The van der Waals surface area contributed by atoms with Crippen molar-refractivity contribution in [1.82, 2.24) is 25.3 Å². The number of carbonyl (C=O) groups is 2. The summed E-state index contributed by atoms with van der Waals surface area (Å²) in [7, 11) is 1.78. The number of anilines is 1. The van der Waals surface area contributed by atoms with Gasteiger partial charge in [0.1, 0.15) is 5.01 Å². The zero-order chi connectivity index (χ0) is 17.5. The Labute approximate surface area is 146 Å². The van der Waals surface area contributed by atoms with E-state index in [0.29, 0.717) is 24.6 Å². The highest BCUT2D eigenvalue weighted by Gasteiger charge is 2.26. The van der Waals surface area contributed by atoms with Crippen molar-refractivity contribution in [3.63, 3.8) is 0 Å². The molecule has 0 aromatic carbocycles. The van der Waals surface area contributed by atoms with Crippen molar-refractivity contribution < 1.29 is 9.59 Å². The number of aromatic nitrogens is 2. The third-order valence-electron chi connectivity index (χ3n) is 4.20. The lowest BCUT2D eigenvalue weighted by molar-refractivity contribution is -0.126. The predicted molar refractivity (Wildman–Crippen MR) is 94.2 cm³/mol. The minimum absolute atomic E-state index is 0.129. The molecule has 9 heteroatoms. The van der Waals surface area contributed by atoms with E-state index in [9.17, 15) is 9.59 Å². The van der Waals surface area contributed by atoms with Gasteiger partial charge in [-0.3, -0.25) is 10.1 Å². The van der Waals surface area contributed by atoms with E-state index in [1.54, 1.807) is 11.9 Å². The molecule has 1 aromatic rings. The Morgan fingerprint density at radius 3 is 2.75 bits per heavy atom. The van der Waals surface area contributed by atoms with Crippen LogP contribution in [-0.4, -0.2) is 71.7 Å². The smallest absolute Gasteiger partial charge is 0.321 e. The van der Waals surface area contributed by atoms with E-state index in [1.807, 2.05) is 0 Å². The summed E-state index contributed by atoms with van der Waals surface area (Å²) >= 11 is 1.40. The van der Waals surface area contributed by atoms with Crippen molar-refractivity contribution >= 4 is 28.4 Å². The number of likely N-dealkylation sites (tertiary alicyclic amines) is 1. The van der Waals surface area contributed by atoms with Gasteiger partial charge in [0.05, 0.1) is 0 Å². The minimum Gasteiger partial charge on any atom is -0.345 e. The molecule has 1 atom stereocenters. The monoisotopic (exact) mass is 354 g/mol. The topological polar surface area (TPSA) is 90.5 Å².